The fraction of sp³-hybridized carbons (Fsp3) is 0.308. The van der Waals surface area contributed by atoms with Gasteiger partial charge in [-0.15, -0.1) is 0 Å². The summed E-state index contributed by atoms with van der Waals surface area (Å²) < 4.78 is 0. The quantitative estimate of drug-likeness (QED) is 0.868. The van der Waals surface area contributed by atoms with Crippen LogP contribution in [0.15, 0.2) is 29.1 Å². The van der Waals surface area contributed by atoms with Gasteiger partial charge in [0.2, 0.25) is 0 Å². The minimum Gasteiger partial charge on any atom is -0.322 e. The van der Waals surface area contributed by atoms with Gasteiger partial charge in [-0.05, 0) is 42.5 Å². The summed E-state index contributed by atoms with van der Waals surface area (Å²) in [6.45, 7) is 2.12. The standard InChI is InChI=1S/C13H14ClNO/c1-2-3-4-9-7-10-8-11(14)5-6-12(10)15-13(9)16/h5-8H,2-4H2,1H3,(H,15,16). The van der Waals surface area contributed by atoms with Crippen molar-refractivity contribution in [2.45, 2.75) is 26.2 Å². The normalized spacial score (nSPS) is 10.9. The molecule has 84 valence electrons. The van der Waals surface area contributed by atoms with Crippen molar-refractivity contribution in [1.29, 1.82) is 0 Å². The zero-order valence-corrected chi connectivity index (χ0v) is 9.97. The Morgan fingerprint density at radius 2 is 2.12 bits per heavy atom. The van der Waals surface area contributed by atoms with Gasteiger partial charge < -0.3 is 4.98 Å². The number of nitrogens with one attached hydrogen (secondary N) is 1. The second kappa shape index (κ2) is 4.71. The smallest absolute Gasteiger partial charge is 0.251 e. The summed E-state index contributed by atoms with van der Waals surface area (Å²) in [5.41, 5.74) is 1.70. The van der Waals surface area contributed by atoms with Crippen molar-refractivity contribution in [3.05, 3.63) is 45.2 Å². The molecular formula is C13H14ClNO. The summed E-state index contributed by atoms with van der Waals surface area (Å²) in [5, 5.41) is 1.69. The molecule has 0 radical (unpaired) electrons. The van der Waals surface area contributed by atoms with E-state index in [0.717, 1.165) is 35.7 Å². The number of H-pyrrole nitrogens is 1. The Bertz CT molecular complexity index is 559. The molecule has 16 heavy (non-hydrogen) atoms. The first kappa shape index (κ1) is 11.2. The Morgan fingerprint density at radius 1 is 1.31 bits per heavy atom. The number of rotatable bonds is 3. The topological polar surface area (TPSA) is 32.9 Å². The van der Waals surface area contributed by atoms with E-state index in [1.54, 1.807) is 6.07 Å². The zero-order valence-electron chi connectivity index (χ0n) is 9.22. The van der Waals surface area contributed by atoms with Crippen LogP contribution in [-0.4, -0.2) is 4.98 Å². The number of pyridine rings is 1. The average molecular weight is 236 g/mol. The van der Waals surface area contributed by atoms with Crippen LogP contribution in [0, 0.1) is 0 Å². The number of aromatic amines is 1. The Labute approximate surface area is 99.3 Å². The summed E-state index contributed by atoms with van der Waals surface area (Å²) in [6, 6.07) is 7.44. The number of unbranched alkanes of at least 4 members (excludes halogenated alkanes) is 1. The van der Waals surface area contributed by atoms with Gasteiger partial charge in [0.1, 0.15) is 0 Å². The number of aryl methyl sites for hydroxylation is 1. The molecule has 3 heteroatoms. The highest BCUT2D eigenvalue weighted by Gasteiger charge is 2.02. The molecule has 0 atom stereocenters. The average Bonchev–Trinajstić information content (AvgIpc) is 2.27. The fourth-order valence-electron chi connectivity index (χ4n) is 1.78. The number of hydrogen-bond acceptors (Lipinski definition) is 1. The van der Waals surface area contributed by atoms with E-state index in [0.29, 0.717) is 5.02 Å². The van der Waals surface area contributed by atoms with Crippen molar-refractivity contribution < 1.29 is 0 Å². The van der Waals surface area contributed by atoms with Crippen molar-refractivity contribution in [2.75, 3.05) is 0 Å². The predicted octanol–water partition coefficient (Wildman–Crippen LogP) is 3.52. The molecular weight excluding hydrogens is 222 g/mol. The van der Waals surface area contributed by atoms with E-state index >= 15 is 0 Å². The maximum atomic E-state index is 11.7. The van der Waals surface area contributed by atoms with Gasteiger partial charge in [-0.3, -0.25) is 4.79 Å². The summed E-state index contributed by atoms with van der Waals surface area (Å²) >= 11 is 5.92. The van der Waals surface area contributed by atoms with E-state index in [4.69, 9.17) is 11.6 Å². The van der Waals surface area contributed by atoms with Crippen LogP contribution in [-0.2, 0) is 6.42 Å². The highest BCUT2D eigenvalue weighted by Crippen LogP contribution is 2.17. The van der Waals surface area contributed by atoms with Crippen LogP contribution in [0.1, 0.15) is 25.3 Å². The largest absolute Gasteiger partial charge is 0.322 e. The maximum Gasteiger partial charge on any atom is 0.251 e. The SMILES string of the molecule is CCCCc1cc2cc(Cl)ccc2[nH]c1=O. The lowest BCUT2D eigenvalue weighted by Gasteiger charge is -2.03. The van der Waals surface area contributed by atoms with Gasteiger partial charge in [-0.2, -0.15) is 0 Å². The molecule has 0 amide bonds. The Balaban J connectivity index is 2.51. The predicted molar refractivity (Wildman–Crippen MR) is 68.2 cm³/mol. The number of aromatic nitrogens is 1. The maximum absolute atomic E-state index is 11.7. The molecule has 0 aliphatic heterocycles. The molecule has 2 nitrogen and oxygen atoms in total. The van der Waals surface area contributed by atoms with Gasteiger partial charge in [0, 0.05) is 16.1 Å². The molecule has 0 saturated carbocycles. The molecule has 0 bridgehead atoms. The third-order valence-corrected chi connectivity index (χ3v) is 2.92. The molecule has 0 spiro atoms. The molecule has 0 unspecified atom stereocenters. The van der Waals surface area contributed by atoms with Crippen LogP contribution >= 0.6 is 11.6 Å². The Kier molecular flexibility index (Phi) is 3.30. The van der Waals surface area contributed by atoms with Crippen molar-refractivity contribution in [3.63, 3.8) is 0 Å². The molecule has 1 N–H and O–H groups in total. The lowest BCUT2D eigenvalue weighted by Crippen LogP contribution is -2.12. The van der Waals surface area contributed by atoms with E-state index in [2.05, 4.69) is 11.9 Å². The number of hydrogen-bond donors (Lipinski definition) is 1. The van der Waals surface area contributed by atoms with Gasteiger partial charge in [-0.25, -0.2) is 0 Å². The second-order valence-electron chi connectivity index (χ2n) is 3.96. The third kappa shape index (κ3) is 2.27. The van der Waals surface area contributed by atoms with Gasteiger partial charge in [0.25, 0.3) is 5.56 Å². The Morgan fingerprint density at radius 3 is 2.88 bits per heavy atom. The van der Waals surface area contributed by atoms with Crippen molar-refractivity contribution in [3.8, 4) is 0 Å². The van der Waals surface area contributed by atoms with Gasteiger partial charge in [0.15, 0.2) is 0 Å². The van der Waals surface area contributed by atoms with Gasteiger partial charge >= 0.3 is 0 Å². The zero-order chi connectivity index (χ0) is 11.5. The molecule has 1 aromatic heterocycles. The molecule has 2 aromatic rings. The van der Waals surface area contributed by atoms with Crippen LogP contribution in [0.3, 0.4) is 0 Å². The highest BCUT2D eigenvalue weighted by atomic mass is 35.5. The van der Waals surface area contributed by atoms with Crippen LogP contribution in [0.5, 0.6) is 0 Å². The second-order valence-corrected chi connectivity index (χ2v) is 4.40. The van der Waals surface area contributed by atoms with Gasteiger partial charge in [0.05, 0.1) is 0 Å². The summed E-state index contributed by atoms with van der Waals surface area (Å²) in [5.74, 6) is 0. The minimum atomic E-state index is 0.0169. The van der Waals surface area contributed by atoms with E-state index in [9.17, 15) is 4.79 Å². The fourth-order valence-corrected chi connectivity index (χ4v) is 1.96. The van der Waals surface area contributed by atoms with E-state index < -0.39 is 0 Å². The van der Waals surface area contributed by atoms with Crippen molar-refractivity contribution in [2.24, 2.45) is 0 Å². The number of fused-ring (bicyclic) bond motifs is 1. The molecule has 2 rings (SSSR count). The molecule has 1 aromatic carbocycles. The first-order valence-corrected chi connectivity index (χ1v) is 5.90. The number of halogens is 1. The van der Waals surface area contributed by atoms with E-state index in [1.807, 2.05) is 18.2 Å². The lowest BCUT2D eigenvalue weighted by molar-refractivity contribution is 0.788. The molecule has 0 aliphatic carbocycles. The molecule has 0 saturated heterocycles. The number of benzene rings is 1. The van der Waals surface area contributed by atoms with E-state index in [-0.39, 0.29) is 5.56 Å². The van der Waals surface area contributed by atoms with Crippen LogP contribution in [0.25, 0.3) is 10.9 Å². The Hall–Kier alpha value is -1.28. The third-order valence-electron chi connectivity index (χ3n) is 2.68. The highest BCUT2D eigenvalue weighted by molar-refractivity contribution is 6.31. The molecule has 0 fully saturated rings. The monoisotopic (exact) mass is 235 g/mol. The molecule has 1 heterocycles. The summed E-state index contributed by atoms with van der Waals surface area (Å²) in [7, 11) is 0. The van der Waals surface area contributed by atoms with E-state index in [1.165, 1.54) is 0 Å². The lowest BCUT2D eigenvalue weighted by atomic mass is 10.1. The van der Waals surface area contributed by atoms with Crippen LogP contribution in [0.4, 0.5) is 0 Å². The van der Waals surface area contributed by atoms with Crippen LogP contribution < -0.4 is 5.56 Å². The van der Waals surface area contributed by atoms with Crippen LogP contribution in [0.2, 0.25) is 5.02 Å². The summed E-state index contributed by atoms with van der Waals surface area (Å²) in [6.07, 6.45) is 2.95. The van der Waals surface area contributed by atoms with Crippen molar-refractivity contribution >= 4 is 22.5 Å². The minimum absolute atomic E-state index is 0.0169. The first-order chi connectivity index (χ1) is 7.70. The van der Waals surface area contributed by atoms with Crippen molar-refractivity contribution in [1.82, 2.24) is 4.98 Å². The first-order valence-electron chi connectivity index (χ1n) is 5.52. The summed E-state index contributed by atoms with van der Waals surface area (Å²) in [4.78, 5) is 14.6. The molecule has 0 aliphatic rings. The van der Waals surface area contributed by atoms with Gasteiger partial charge in [-0.1, -0.05) is 24.9 Å².